The standard InChI is InChI=1S/C16H18N4O3.C15H16N4O4.C11H11N3O.C4H9NO.C2H4I.V/c1-11(21)9-20(2)16(22)19-15-8-13(17-10-18-15)12-6-4-5-7-14(12)23-3;1-19(8-14(20)21)15(22)18-13-7-11(16-9-17-13)10-5-3-4-6-12(10)23-2;1-15-10-5-3-2-4-8(10)9-6-11(12)14-7-13-9;1-4(6)3-5-2;1-2-3;/h4-8,10H,9H2,1-3H3,(H,17,18,19,22);3-7,9H,8H2,1-2H3,(H,20,21)(H,16,17,18,22);2-7H,1H3,(H2,12,13,14);5H,3H2,1-2H3;2H,1H3;/q;;;;-1;. The van der Waals surface area contributed by atoms with Crippen LogP contribution in [0.1, 0.15) is 20.8 Å². The first-order valence-corrected chi connectivity index (χ1v) is 22.2. The Balaban J connectivity index is 0.000000494. The van der Waals surface area contributed by atoms with Crippen molar-refractivity contribution in [2.75, 3.05) is 78.5 Å². The molecule has 71 heavy (non-hydrogen) atoms. The van der Waals surface area contributed by atoms with Gasteiger partial charge < -0.3 is 62.8 Å². The Morgan fingerprint density at radius 2 is 0.972 bits per heavy atom. The second-order valence-corrected chi connectivity index (χ2v) is 15.4. The van der Waals surface area contributed by atoms with Gasteiger partial charge in [-0.1, -0.05) is 36.4 Å². The van der Waals surface area contributed by atoms with Crippen LogP contribution in [0, 0.1) is 4.43 Å². The van der Waals surface area contributed by atoms with E-state index in [-0.39, 0.29) is 42.5 Å². The number of Topliss-reactive ketones (excluding diaryl/α,β-unsaturated/α-hetero) is 2. The smallest absolute Gasteiger partial charge is 0.323 e. The number of nitrogens with zero attached hydrogens (tertiary/aromatic N) is 8. The number of nitrogens with two attached hydrogens (primary N) is 1. The molecule has 6 N–H and O–H groups in total. The van der Waals surface area contributed by atoms with Crippen molar-refractivity contribution < 1.29 is 61.8 Å². The second kappa shape index (κ2) is 34.1. The summed E-state index contributed by atoms with van der Waals surface area (Å²) in [7, 11) is 9.44. The molecule has 0 aliphatic heterocycles. The number of carbonyl (C=O) groups excluding carboxylic acids is 4. The Bertz CT molecular complexity index is 2490. The van der Waals surface area contributed by atoms with Gasteiger partial charge >= 0.3 is 18.0 Å². The van der Waals surface area contributed by atoms with E-state index in [0.29, 0.717) is 41.1 Å². The van der Waals surface area contributed by atoms with E-state index in [0.717, 1.165) is 33.0 Å². The number of halogens is 1. The van der Waals surface area contributed by atoms with Gasteiger partial charge in [0, 0.05) is 67.5 Å². The normalized spacial score (nSPS) is 9.55. The molecule has 4 amide bonds. The van der Waals surface area contributed by atoms with Crippen molar-refractivity contribution in [3.8, 4) is 51.0 Å². The van der Waals surface area contributed by atoms with E-state index in [1.165, 1.54) is 37.9 Å². The molecule has 3 heterocycles. The van der Waals surface area contributed by atoms with Crippen LogP contribution in [-0.4, -0.2) is 137 Å². The Morgan fingerprint density at radius 1 is 0.620 bits per heavy atom. The van der Waals surface area contributed by atoms with Crippen LogP contribution in [0.2, 0.25) is 0 Å². The molecule has 3 aromatic carbocycles. The molecule has 3 aromatic heterocycles. The fourth-order valence-electron chi connectivity index (χ4n) is 5.57. The Hall–Kier alpha value is -7.28. The number of ether oxygens (including phenoxy) is 3. The van der Waals surface area contributed by atoms with E-state index in [1.54, 1.807) is 66.6 Å². The van der Waals surface area contributed by atoms with Gasteiger partial charge in [0.1, 0.15) is 71.8 Å². The molecular weight excluding hydrogens is 1070 g/mol. The number of nitrogen functional groups attached to an aromatic ring is 1. The zero-order chi connectivity index (χ0) is 52.0. The molecule has 23 heteroatoms. The fraction of sp³-hybridized carbons (Fsp3) is 0.250. The van der Waals surface area contributed by atoms with Gasteiger partial charge in [0.25, 0.3) is 0 Å². The summed E-state index contributed by atoms with van der Waals surface area (Å²) in [6.07, 6.45) is 4.12. The van der Waals surface area contributed by atoms with Crippen molar-refractivity contribution in [3.63, 3.8) is 0 Å². The molecule has 1 radical (unpaired) electrons. The van der Waals surface area contributed by atoms with E-state index in [9.17, 15) is 24.0 Å². The molecule has 377 valence electrons. The SMILES string of the molecule is CNCC(C)=O.COc1ccccc1-c1cc(N)ncn1.COc1ccccc1-c1cc(NC(=O)N(C)CC(=O)O)ncn1.COc1ccccc1-c1cc(NC(=O)N(C)CC(C)=O)ncn1.C[CH-]I.[V]. The maximum Gasteiger partial charge on any atom is 0.323 e. The predicted octanol–water partition coefficient (Wildman–Crippen LogP) is 7.04. The van der Waals surface area contributed by atoms with E-state index < -0.39 is 24.6 Å². The number of urea groups is 2. The molecule has 0 spiro atoms. The van der Waals surface area contributed by atoms with Gasteiger partial charge in [0.15, 0.2) is 0 Å². The summed E-state index contributed by atoms with van der Waals surface area (Å²) in [5.41, 5.74) is 10.0. The molecule has 0 aliphatic carbocycles. The number of carboxylic acids is 1. The number of amides is 4. The summed E-state index contributed by atoms with van der Waals surface area (Å²) in [5.74, 6) is 2.15. The third-order valence-electron chi connectivity index (χ3n) is 8.59. The van der Waals surface area contributed by atoms with E-state index in [2.05, 4.69) is 68.4 Å². The van der Waals surface area contributed by atoms with Crippen LogP contribution in [0.4, 0.5) is 27.0 Å². The van der Waals surface area contributed by atoms with E-state index in [1.807, 2.05) is 78.1 Å². The first kappa shape index (κ1) is 61.7. The number of likely N-dealkylation sites (N-methyl/N-ethyl adjacent to an activating group) is 3. The van der Waals surface area contributed by atoms with Crippen molar-refractivity contribution in [1.29, 1.82) is 0 Å². The quantitative estimate of drug-likeness (QED) is 0.0540. The Morgan fingerprint density at radius 3 is 1.28 bits per heavy atom. The van der Waals surface area contributed by atoms with Crippen LogP contribution in [0.15, 0.2) is 110 Å². The van der Waals surface area contributed by atoms with Gasteiger partial charge in [-0.2, -0.15) is 6.92 Å². The molecular formula is C48H58IN12O9V-. The number of hydrogen-bond acceptors (Lipinski definition) is 16. The summed E-state index contributed by atoms with van der Waals surface area (Å²) in [4.78, 5) is 82.2. The molecule has 0 atom stereocenters. The van der Waals surface area contributed by atoms with Crippen molar-refractivity contribution in [2.45, 2.75) is 20.8 Å². The van der Waals surface area contributed by atoms with Crippen LogP contribution < -0.4 is 35.9 Å². The number of hydrogen-bond donors (Lipinski definition) is 5. The van der Waals surface area contributed by atoms with Gasteiger partial charge in [-0.05, 0) is 57.3 Å². The third-order valence-corrected chi connectivity index (χ3v) is 8.59. The minimum absolute atomic E-state index is 0. The molecule has 0 saturated heterocycles. The topological polar surface area (TPSA) is 279 Å². The number of aromatic nitrogens is 6. The summed E-state index contributed by atoms with van der Waals surface area (Å²) in [6.45, 7) is 5.08. The summed E-state index contributed by atoms with van der Waals surface area (Å²) in [6, 6.07) is 26.4. The minimum Gasteiger partial charge on any atom is -0.496 e. The van der Waals surface area contributed by atoms with Crippen molar-refractivity contribution >= 4 is 69.6 Å². The largest absolute Gasteiger partial charge is 0.496 e. The third kappa shape index (κ3) is 22.8. The Labute approximate surface area is 438 Å². The number of aliphatic carboxylic acids is 1. The number of carbonyl (C=O) groups is 5. The molecule has 0 bridgehead atoms. The minimum atomic E-state index is -1.10. The Kier molecular flexibility index (Phi) is 29.6. The molecule has 0 unspecified atom stereocenters. The van der Waals surface area contributed by atoms with Crippen molar-refractivity contribution in [1.82, 2.24) is 45.0 Å². The number of para-hydroxylation sites is 3. The maximum absolute atomic E-state index is 12.0. The van der Waals surface area contributed by atoms with E-state index in [4.69, 9.17) is 25.1 Å². The van der Waals surface area contributed by atoms with Crippen LogP contribution in [0.5, 0.6) is 17.2 Å². The van der Waals surface area contributed by atoms with Crippen LogP contribution in [0.3, 0.4) is 0 Å². The monoisotopic (exact) mass is 1120 g/mol. The summed E-state index contributed by atoms with van der Waals surface area (Å²) < 4.78 is 17.8. The molecule has 0 aliphatic rings. The number of benzene rings is 3. The average molecular weight is 1120 g/mol. The average Bonchev–Trinajstić information content (AvgIpc) is 3.34. The number of nitrogens with one attached hydrogen (secondary N) is 3. The predicted molar refractivity (Wildman–Crippen MR) is 277 cm³/mol. The van der Waals surface area contributed by atoms with Crippen molar-refractivity contribution in [2.24, 2.45) is 0 Å². The van der Waals surface area contributed by atoms with E-state index >= 15 is 0 Å². The van der Waals surface area contributed by atoms with Gasteiger partial charge in [-0.3, -0.25) is 29.4 Å². The first-order chi connectivity index (χ1) is 33.5. The van der Waals surface area contributed by atoms with Crippen molar-refractivity contribution in [3.05, 3.63) is 114 Å². The van der Waals surface area contributed by atoms with Gasteiger partial charge in [0.05, 0.1) is 51.5 Å². The fourth-order valence-corrected chi connectivity index (χ4v) is 5.57. The van der Waals surface area contributed by atoms with Gasteiger partial charge in [0.2, 0.25) is 0 Å². The molecule has 6 aromatic rings. The first-order valence-electron chi connectivity index (χ1n) is 20.9. The maximum atomic E-state index is 12.0. The van der Waals surface area contributed by atoms with Gasteiger partial charge in [-0.25, -0.2) is 39.5 Å². The number of methoxy groups -OCH3 is 3. The number of rotatable bonds is 14. The summed E-state index contributed by atoms with van der Waals surface area (Å²) in [5, 5.41) is 16.6. The second-order valence-electron chi connectivity index (χ2n) is 14.1. The molecule has 0 fully saturated rings. The number of anilines is 3. The van der Waals surface area contributed by atoms with Crippen LogP contribution >= 0.6 is 22.6 Å². The van der Waals surface area contributed by atoms with Crippen LogP contribution in [0.25, 0.3) is 33.8 Å². The van der Waals surface area contributed by atoms with Crippen LogP contribution in [-0.2, 0) is 32.9 Å². The zero-order valence-corrected chi connectivity index (χ0v) is 44.3. The number of carboxylic acid groups (broad SMARTS) is 1. The number of ketones is 2. The molecule has 6 rings (SSSR count). The zero-order valence-electron chi connectivity index (χ0n) is 40.8. The molecule has 21 nitrogen and oxygen atoms in total. The summed E-state index contributed by atoms with van der Waals surface area (Å²) >= 11 is 2.16. The molecule has 0 saturated carbocycles. The van der Waals surface area contributed by atoms with Gasteiger partial charge in [-0.15, -0.1) is 0 Å².